The van der Waals surface area contributed by atoms with Crippen molar-refractivity contribution in [2.24, 2.45) is 5.92 Å². The number of pyridine rings is 1. The summed E-state index contributed by atoms with van der Waals surface area (Å²) in [5, 5.41) is 0. The number of carbonyl (C=O) groups is 1. The van der Waals surface area contributed by atoms with Crippen LogP contribution < -0.4 is 0 Å². The Labute approximate surface area is 188 Å². The molecule has 1 heterocycles. The van der Waals surface area contributed by atoms with E-state index in [2.05, 4.69) is 70.3 Å². The maximum Gasteiger partial charge on any atom is 0.133 e. The molecule has 1 aromatic heterocycles. The number of nitrogens with zero attached hydrogens (tertiary/aromatic N) is 1. The molecule has 31 heavy (non-hydrogen) atoms. The van der Waals surface area contributed by atoms with Gasteiger partial charge in [-0.15, -0.1) is 0 Å². The molecular formula is C29H37NO. The Morgan fingerprint density at radius 1 is 1.19 bits per heavy atom. The summed E-state index contributed by atoms with van der Waals surface area (Å²) in [6.45, 7) is 8.89. The first-order valence-corrected chi connectivity index (χ1v) is 12.1. The summed E-state index contributed by atoms with van der Waals surface area (Å²) in [5.41, 5.74) is 8.20. The molecule has 2 heteroatoms. The van der Waals surface area contributed by atoms with Crippen LogP contribution in [0.5, 0.6) is 0 Å². The van der Waals surface area contributed by atoms with Gasteiger partial charge >= 0.3 is 0 Å². The van der Waals surface area contributed by atoms with Gasteiger partial charge < -0.3 is 0 Å². The zero-order valence-electron chi connectivity index (χ0n) is 19.7. The maximum atomic E-state index is 12.8. The van der Waals surface area contributed by atoms with Gasteiger partial charge in [-0.1, -0.05) is 63.6 Å². The summed E-state index contributed by atoms with van der Waals surface area (Å²) in [7, 11) is 0. The summed E-state index contributed by atoms with van der Waals surface area (Å²) >= 11 is 0. The quantitative estimate of drug-likeness (QED) is 0.502. The summed E-state index contributed by atoms with van der Waals surface area (Å²) < 4.78 is 0. The van der Waals surface area contributed by atoms with Crippen molar-refractivity contribution in [1.29, 1.82) is 0 Å². The second-order valence-corrected chi connectivity index (χ2v) is 10.7. The van der Waals surface area contributed by atoms with Gasteiger partial charge in [0.05, 0.1) is 5.69 Å². The van der Waals surface area contributed by atoms with E-state index in [0.717, 1.165) is 25.7 Å². The van der Waals surface area contributed by atoms with Crippen molar-refractivity contribution in [1.82, 2.24) is 4.98 Å². The van der Waals surface area contributed by atoms with Crippen LogP contribution >= 0.6 is 0 Å². The summed E-state index contributed by atoms with van der Waals surface area (Å²) in [5.74, 6) is 1.44. The van der Waals surface area contributed by atoms with Crippen molar-refractivity contribution >= 4 is 11.9 Å². The summed E-state index contributed by atoms with van der Waals surface area (Å²) in [6, 6.07) is 8.77. The lowest BCUT2D eigenvalue weighted by molar-refractivity contribution is -0.120. The fourth-order valence-electron chi connectivity index (χ4n) is 5.38. The third-order valence-corrected chi connectivity index (χ3v) is 7.25. The number of benzene rings is 1. The Hall–Kier alpha value is -2.22. The molecule has 0 N–H and O–H groups in total. The molecule has 2 aliphatic carbocycles. The maximum absolute atomic E-state index is 12.8. The number of rotatable bonds is 6. The minimum atomic E-state index is 0.149. The van der Waals surface area contributed by atoms with Crippen LogP contribution in [0.3, 0.4) is 0 Å². The number of ketones is 1. The highest BCUT2D eigenvalue weighted by atomic mass is 16.1. The van der Waals surface area contributed by atoms with Gasteiger partial charge in [0.15, 0.2) is 0 Å². The van der Waals surface area contributed by atoms with Crippen molar-refractivity contribution in [2.45, 2.75) is 90.4 Å². The first kappa shape index (κ1) is 22.0. The first-order valence-electron chi connectivity index (χ1n) is 12.1. The fraction of sp³-hybridized carbons (Fsp3) is 0.517. The third kappa shape index (κ3) is 5.17. The number of allylic oxidation sites excluding steroid dienone is 1. The molecule has 0 amide bonds. The molecule has 2 nitrogen and oxygen atoms in total. The predicted octanol–water partition coefficient (Wildman–Crippen LogP) is 7.12. The molecule has 0 radical (unpaired) electrons. The van der Waals surface area contributed by atoms with E-state index in [1.807, 2.05) is 0 Å². The van der Waals surface area contributed by atoms with E-state index < -0.39 is 0 Å². The average molecular weight is 416 g/mol. The van der Waals surface area contributed by atoms with Gasteiger partial charge in [0.1, 0.15) is 5.78 Å². The Morgan fingerprint density at radius 2 is 2.03 bits per heavy atom. The Bertz CT molecular complexity index is 979. The molecule has 2 atom stereocenters. The normalized spacial score (nSPS) is 20.6. The van der Waals surface area contributed by atoms with Crippen LogP contribution in [0.25, 0.3) is 6.08 Å². The molecule has 0 spiro atoms. The lowest BCUT2D eigenvalue weighted by Crippen LogP contribution is -2.19. The molecular weight excluding hydrogens is 378 g/mol. The minimum Gasteiger partial charge on any atom is -0.300 e. The molecule has 4 rings (SSSR count). The third-order valence-electron chi connectivity index (χ3n) is 7.25. The van der Waals surface area contributed by atoms with Gasteiger partial charge in [-0.25, -0.2) is 0 Å². The van der Waals surface area contributed by atoms with Gasteiger partial charge in [-0.2, -0.15) is 0 Å². The molecule has 0 bridgehead atoms. The summed E-state index contributed by atoms with van der Waals surface area (Å²) in [4.78, 5) is 17.7. The van der Waals surface area contributed by atoms with Crippen molar-refractivity contribution in [3.05, 3.63) is 70.0 Å². The number of fused-ring (bicyclic) bond motifs is 1. The molecule has 1 aromatic carbocycles. The second-order valence-electron chi connectivity index (χ2n) is 10.7. The van der Waals surface area contributed by atoms with Crippen LogP contribution in [0.15, 0.2) is 36.5 Å². The lowest BCUT2D eigenvalue weighted by atomic mass is 9.76. The highest BCUT2D eigenvalue weighted by Crippen LogP contribution is 2.40. The highest BCUT2D eigenvalue weighted by Gasteiger charge is 2.28. The Balaban J connectivity index is 1.35. The Morgan fingerprint density at radius 3 is 2.84 bits per heavy atom. The van der Waals surface area contributed by atoms with Gasteiger partial charge in [0.2, 0.25) is 0 Å². The monoisotopic (exact) mass is 415 g/mol. The predicted molar refractivity (Wildman–Crippen MR) is 129 cm³/mol. The van der Waals surface area contributed by atoms with Crippen molar-refractivity contribution in [3.63, 3.8) is 0 Å². The number of Topliss-reactive ketones (excluding diaryl/α,β-unsaturated/α-hetero) is 1. The van der Waals surface area contributed by atoms with E-state index in [9.17, 15) is 4.79 Å². The van der Waals surface area contributed by atoms with E-state index >= 15 is 0 Å². The molecule has 1 unspecified atom stereocenters. The van der Waals surface area contributed by atoms with Crippen molar-refractivity contribution < 1.29 is 4.79 Å². The second kappa shape index (κ2) is 9.10. The largest absolute Gasteiger partial charge is 0.300 e. The molecule has 0 saturated heterocycles. The van der Waals surface area contributed by atoms with Gasteiger partial charge in [0, 0.05) is 25.0 Å². The molecule has 1 fully saturated rings. The molecule has 1 saturated carbocycles. The molecule has 0 aliphatic heterocycles. The van der Waals surface area contributed by atoms with Crippen LogP contribution in [-0.2, 0) is 23.1 Å². The smallest absolute Gasteiger partial charge is 0.133 e. The number of carbonyl (C=O) groups excluding carboxylic acids is 1. The van der Waals surface area contributed by atoms with Crippen LogP contribution in [0.4, 0.5) is 0 Å². The van der Waals surface area contributed by atoms with E-state index in [0.29, 0.717) is 24.0 Å². The van der Waals surface area contributed by atoms with Gasteiger partial charge in [0.25, 0.3) is 0 Å². The zero-order valence-corrected chi connectivity index (χ0v) is 19.7. The highest BCUT2D eigenvalue weighted by molar-refractivity contribution is 5.79. The van der Waals surface area contributed by atoms with E-state index in [1.54, 1.807) is 0 Å². The lowest BCUT2D eigenvalue weighted by Gasteiger charge is -2.29. The van der Waals surface area contributed by atoms with Crippen LogP contribution in [0.1, 0.15) is 98.7 Å². The molecule has 2 aromatic rings. The SMILES string of the molecule is Cc1cnc(C2CCC[C@@H](CC(=O)CCc3cccc(C(C)(C)C)c3)C2)c2c1CC=C2. The number of aryl methyl sites for hydroxylation is 2. The van der Waals surface area contributed by atoms with Crippen molar-refractivity contribution in [3.8, 4) is 0 Å². The number of hydrogen-bond donors (Lipinski definition) is 0. The average Bonchev–Trinajstić information content (AvgIpc) is 3.23. The fourth-order valence-corrected chi connectivity index (χ4v) is 5.38. The Kier molecular flexibility index (Phi) is 6.46. The topological polar surface area (TPSA) is 30.0 Å². The number of hydrogen-bond acceptors (Lipinski definition) is 2. The molecule has 2 aliphatic rings. The van der Waals surface area contributed by atoms with E-state index in [4.69, 9.17) is 4.98 Å². The van der Waals surface area contributed by atoms with Crippen LogP contribution in [0, 0.1) is 12.8 Å². The van der Waals surface area contributed by atoms with Crippen LogP contribution in [-0.4, -0.2) is 10.8 Å². The standard InChI is InChI=1S/C29H37NO/c1-20-19-30-28(27-13-7-12-26(20)27)23-10-5-9-22(16-23)18-25(31)15-14-21-8-6-11-24(17-21)29(2,3)4/h6-8,11,13,17,19,22-23H,5,9-10,12,14-16,18H2,1-4H3/t22-,23?/m1/s1. The van der Waals surface area contributed by atoms with E-state index in [-0.39, 0.29) is 5.41 Å². The van der Waals surface area contributed by atoms with Gasteiger partial charge in [-0.05, 0) is 78.2 Å². The molecule has 164 valence electrons. The van der Waals surface area contributed by atoms with Crippen molar-refractivity contribution in [2.75, 3.05) is 0 Å². The van der Waals surface area contributed by atoms with Gasteiger partial charge in [-0.3, -0.25) is 9.78 Å². The van der Waals surface area contributed by atoms with Crippen LogP contribution in [0.2, 0.25) is 0 Å². The first-order chi connectivity index (χ1) is 14.8. The summed E-state index contributed by atoms with van der Waals surface area (Å²) in [6.07, 6.45) is 14.6. The van der Waals surface area contributed by atoms with E-state index in [1.165, 1.54) is 52.8 Å². The number of aromatic nitrogens is 1. The minimum absolute atomic E-state index is 0.149. The zero-order chi connectivity index (χ0) is 22.0.